The molecule has 0 unspecified atom stereocenters. The third-order valence-electron chi connectivity index (χ3n) is 3.60. The minimum absolute atomic E-state index is 0. The van der Waals surface area contributed by atoms with E-state index in [1.165, 1.54) is 4.68 Å². The minimum Gasteiger partial charge on any atom is -0.352 e. The quantitative estimate of drug-likeness (QED) is 0.747. The van der Waals surface area contributed by atoms with Crippen molar-refractivity contribution in [3.05, 3.63) is 27.7 Å². The van der Waals surface area contributed by atoms with Crippen molar-refractivity contribution in [1.29, 1.82) is 0 Å². The molecule has 3 N–H and O–H groups in total. The molecule has 2 aromatic rings. The molecule has 0 atom stereocenters. The van der Waals surface area contributed by atoms with Gasteiger partial charge in [-0.05, 0) is 13.0 Å². The molecule has 1 amide bonds. The molecule has 1 saturated heterocycles. The van der Waals surface area contributed by atoms with Gasteiger partial charge in [0.15, 0.2) is 5.65 Å². The molecule has 0 spiro atoms. The summed E-state index contributed by atoms with van der Waals surface area (Å²) in [5, 5.41) is 9.03. The molecule has 1 aliphatic heterocycles. The summed E-state index contributed by atoms with van der Waals surface area (Å²) < 4.78 is 1.54. The molecule has 2 aromatic heterocycles. The van der Waals surface area contributed by atoms with Gasteiger partial charge in [0.05, 0.1) is 10.9 Å². The number of hydrogen-bond acceptors (Lipinski definition) is 4. The molecule has 0 aliphatic carbocycles. The lowest BCUT2D eigenvalue weighted by Crippen LogP contribution is -2.48. The molecule has 0 radical (unpaired) electrons. The van der Waals surface area contributed by atoms with Crippen molar-refractivity contribution in [3.8, 4) is 0 Å². The number of aryl methyl sites for hydroxylation is 2. The van der Waals surface area contributed by atoms with E-state index in [2.05, 4.69) is 20.7 Å². The molecule has 3 heterocycles. The Kier molecular flexibility index (Phi) is 5.99. The van der Waals surface area contributed by atoms with Crippen molar-refractivity contribution < 1.29 is 4.79 Å². The zero-order valence-corrected chi connectivity index (χ0v) is 13.9. The number of nitrogens with zero attached hydrogens (tertiary/aromatic N) is 2. The highest BCUT2D eigenvalue weighted by atomic mass is 35.5. The van der Waals surface area contributed by atoms with Crippen LogP contribution in [0.25, 0.3) is 11.0 Å². The summed E-state index contributed by atoms with van der Waals surface area (Å²) in [6.45, 7) is 4.29. The molecule has 1 fully saturated rings. The lowest BCUT2D eigenvalue weighted by molar-refractivity contribution is 0.0943. The number of aromatic nitrogens is 3. The first-order valence-corrected chi connectivity index (χ1v) is 6.61. The Hall–Kier alpha value is -1.57. The zero-order valence-electron chi connectivity index (χ0n) is 12.3. The molecule has 1 aliphatic rings. The molecule has 7 nitrogen and oxygen atoms in total. The number of carbonyl (C=O) groups excluding carboxylic acids is 1. The highest BCUT2D eigenvalue weighted by Gasteiger charge is 2.20. The fourth-order valence-corrected chi connectivity index (χ4v) is 2.39. The predicted octanol–water partition coefficient (Wildman–Crippen LogP) is 0.363. The predicted molar refractivity (Wildman–Crippen MR) is 89.3 cm³/mol. The Balaban J connectivity index is 0.00000121. The summed E-state index contributed by atoms with van der Waals surface area (Å²) in [6, 6.07) is 1.66. The minimum atomic E-state index is -0.287. The monoisotopic (exact) mass is 347 g/mol. The Morgan fingerprint density at radius 1 is 1.45 bits per heavy atom. The van der Waals surface area contributed by atoms with Crippen LogP contribution in [0.3, 0.4) is 0 Å². The van der Waals surface area contributed by atoms with Gasteiger partial charge < -0.3 is 10.6 Å². The van der Waals surface area contributed by atoms with E-state index in [-0.39, 0.29) is 36.3 Å². The van der Waals surface area contributed by atoms with Crippen LogP contribution in [-0.2, 0) is 7.05 Å². The fourth-order valence-electron chi connectivity index (χ4n) is 2.39. The summed E-state index contributed by atoms with van der Waals surface area (Å²) in [5.74, 6) is 0.260. The highest BCUT2D eigenvalue weighted by molar-refractivity contribution is 6.05. The van der Waals surface area contributed by atoms with Crippen molar-refractivity contribution in [1.82, 2.24) is 25.4 Å². The van der Waals surface area contributed by atoms with E-state index in [1.807, 2.05) is 6.92 Å². The van der Waals surface area contributed by atoms with Gasteiger partial charge in [0, 0.05) is 38.3 Å². The topological polar surface area (TPSA) is 91.8 Å². The highest BCUT2D eigenvalue weighted by Crippen LogP contribution is 2.14. The van der Waals surface area contributed by atoms with Gasteiger partial charge in [-0.3, -0.25) is 19.4 Å². The van der Waals surface area contributed by atoms with E-state index in [0.29, 0.717) is 34.8 Å². The number of fused-ring (bicyclic) bond motifs is 1. The van der Waals surface area contributed by atoms with Crippen LogP contribution < -0.4 is 16.2 Å². The maximum absolute atomic E-state index is 12.3. The molecule has 9 heteroatoms. The second-order valence-corrected chi connectivity index (χ2v) is 5.24. The maximum Gasteiger partial charge on any atom is 0.274 e. The average Bonchev–Trinajstić information content (AvgIpc) is 2.62. The van der Waals surface area contributed by atoms with Gasteiger partial charge in [-0.1, -0.05) is 0 Å². The van der Waals surface area contributed by atoms with Gasteiger partial charge in [0.2, 0.25) is 0 Å². The summed E-state index contributed by atoms with van der Waals surface area (Å²) in [6.07, 6.45) is 0. The second-order valence-electron chi connectivity index (χ2n) is 5.24. The van der Waals surface area contributed by atoms with Gasteiger partial charge >= 0.3 is 0 Å². The number of pyridine rings is 1. The van der Waals surface area contributed by atoms with Crippen LogP contribution in [0.15, 0.2) is 10.9 Å². The number of amides is 1. The molecule has 122 valence electrons. The van der Waals surface area contributed by atoms with Gasteiger partial charge in [0.1, 0.15) is 0 Å². The van der Waals surface area contributed by atoms with E-state index in [0.717, 1.165) is 13.1 Å². The molecule has 22 heavy (non-hydrogen) atoms. The normalized spacial score (nSPS) is 13.9. The number of rotatable bonds is 3. The number of nitrogens with one attached hydrogen (secondary N) is 3. The van der Waals surface area contributed by atoms with Gasteiger partial charge in [-0.2, -0.15) is 0 Å². The van der Waals surface area contributed by atoms with Crippen molar-refractivity contribution in [3.63, 3.8) is 0 Å². The summed E-state index contributed by atoms with van der Waals surface area (Å²) in [4.78, 5) is 28.5. The van der Waals surface area contributed by atoms with Crippen LogP contribution in [0.5, 0.6) is 0 Å². The molecular weight excluding hydrogens is 329 g/mol. The third-order valence-corrected chi connectivity index (χ3v) is 3.60. The number of hydrogen-bond donors (Lipinski definition) is 3. The smallest absolute Gasteiger partial charge is 0.274 e. The van der Waals surface area contributed by atoms with Gasteiger partial charge in [-0.15, -0.1) is 24.8 Å². The molecule has 0 aromatic carbocycles. The van der Waals surface area contributed by atoms with E-state index in [4.69, 9.17) is 0 Å². The van der Waals surface area contributed by atoms with Crippen molar-refractivity contribution in [2.75, 3.05) is 19.6 Å². The van der Waals surface area contributed by atoms with Crippen LogP contribution in [0.4, 0.5) is 0 Å². The van der Waals surface area contributed by atoms with Crippen LogP contribution in [0.1, 0.15) is 16.1 Å². The fraction of sp³-hybridized carbons (Fsp3) is 0.462. The molecule has 3 rings (SSSR count). The van der Waals surface area contributed by atoms with Crippen LogP contribution in [0.2, 0.25) is 0 Å². The van der Waals surface area contributed by atoms with Gasteiger partial charge in [-0.25, -0.2) is 4.98 Å². The Labute approximate surface area is 139 Å². The maximum atomic E-state index is 12.3. The third kappa shape index (κ3) is 3.26. The molecular formula is C13H19Cl2N5O2. The van der Waals surface area contributed by atoms with Crippen molar-refractivity contribution in [2.45, 2.75) is 6.92 Å². The standard InChI is InChI=1S/C13H17N5O2.2ClH/c1-7-3-9(12(19)15-6-8-4-14-5-8)10-11(16-7)18(2)17-13(10)20;;/h3,8,14H,4-6H2,1-2H3,(H,15,19)(H,17,20);2*1H. The summed E-state index contributed by atoms with van der Waals surface area (Å²) in [5.41, 5.74) is 1.32. The van der Waals surface area contributed by atoms with Crippen molar-refractivity contribution in [2.24, 2.45) is 13.0 Å². The summed E-state index contributed by atoms with van der Waals surface area (Å²) in [7, 11) is 1.71. The van der Waals surface area contributed by atoms with E-state index >= 15 is 0 Å². The number of halogens is 2. The zero-order chi connectivity index (χ0) is 14.3. The van der Waals surface area contributed by atoms with E-state index in [1.54, 1.807) is 13.1 Å². The first-order chi connectivity index (χ1) is 9.56. The lowest BCUT2D eigenvalue weighted by atomic mass is 10.0. The summed E-state index contributed by atoms with van der Waals surface area (Å²) >= 11 is 0. The van der Waals surface area contributed by atoms with Crippen LogP contribution in [-0.4, -0.2) is 40.3 Å². The number of carbonyl (C=O) groups is 1. The Bertz CT molecular complexity index is 736. The first kappa shape index (κ1) is 18.5. The lowest BCUT2D eigenvalue weighted by Gasteiger charge is -2.27. The number of aromatic amines is 1. The van der Waals surface area contributed by atoms with Crippen LogP contribution in [0, 0.1) is 12.8 Å². The van der Waals surface area contributed by atoms with Gasteiger partial charge in [0.25, 0.3) is 11.5 Å². The molecule has 0 saturated carbocycles. The van der Waals surface area contributed by atoms with E-state index < -0.39 is 0 Å². The first-order valence-electron chi connectivity index (χ1n) is 6.61. The Morgan fingerprint density at radius 2 is 2.14 bits per heavy atom. The van der Waals surface area contributed by atoms with E-state index in [9.17, 15) is 9.59 Å². The SMILES string of the molecule is Cc1cc(C(=O)NCC2CNC2)c2c(=O)[nH]n(C)c2n1.Cl.Cl. The molecule has 0 bridgehead atoms. The Morgan fingerprint density at radius 3 is 2.73 bits per heavy atom. The largest absolute Gasteiger partial charge is 0.352 e. The number of H-pyrrole nitrogens is 1. The van der Waals surface area contributed by atoms with Crippen LogP contribution >= 0.6 is 24.8 Å². The second kappa shape index (κ2) is 7.13. The average molecular weight is 348 g/mol. The van der Waals surface area contributed by atoms with Crippen molar-refractivity contribution >= 4 is 41.8 Å².